The van der Waals surface area contributed by atoms with Crippen molar-refractivity contribution < 1.29 is 35.8 Å². The van der Waals surface area contributed by atoms with Crippen molar-refractivity contribution in [1.82, 2.24) is 5.32 Å². The van der Waals surface area contributed by atoms with Gasteiger partial charge in [-0.2, -0.15) is 38.1 Å². The largest absolute Gasteiger partial charge is 0.416 e. The van der Waals surface area contributed by atoms with E-state index in [-0.39, 0.29) is 29.5 Å². The van der Waals surface area contributed by atoms with Crippen LogP contribution in [0.4, 0.5) is 26.3 Å². The lowest BCUT2D eigenvalue weighted by atomic mass is 9.77. The van der Waals surface area contributed by atoms with Gasteiger partial charge in [-0.3, -0.25) is 0 Å². The van der Waals surface area contributed by atoms with Gasteiger partial charge in [-0.05, 0) is 48.6 Å². The summed E-state index contributed by atoms with van der Waals surface area (Å²) < 4.78 is 92.2. The molecule has 2 aromatic carbocycles. The van der Waals surface area contributed by atoms with Gasteiger partial charge >= 0.3 is 12.4 Å². The zero-order valence-electron chi connectivity index (χ0n) is 19.0. The fourth-order valence-corrected chi connectivity index (χ4v) is 5.86. The lowest BCUT2D eigenvalue weighted by Gasteiger charge is -2.44. The first kappa shape index (κ1) is 26.3. The lowest BCUT2D eigenvalue weighted by Crippen LogP contribution is -2.50. The zero-order valence-corrected chi connectivity index (χ0v) is 19.9. The minimum atomic E-state index is -4.92. The van der Waals surface area contributed by atoms with Crippen LogP contribution in [0.15, 0.2) is 48.5 Å². The van der Waals surface area contributed by atoms with Crippen molar-refractivity contribution in [2.24, 2.45) is 5.92 Å². The molecule has 5 atom stereocenters. The molecule has 2 aliphatic heterocycles. The summed E-state index contributed by atoms with van der Waals surface area (Å²) in [4.78, 5) is 0. The van der Waals surface area contributed by atoms with Crippen molar-refractivity contribution in [2.75, 3.05) is 24.7 Å². The third-order valence-electron chi connectivity index (χ3n) is 6.56. The molecule has 3 nitrogen and oxygen atoms in total. The number of alkyl halides is 6. The Hall–Kier alpha value is -1.75. The molecular weight excluding hydrogens is 492 g/mol. The van der Waals surface area contributed by atoms with Crippen molar-refractivity contribution >= 4 is 11.8 Å². The maximum Gasteiger partial charge on any atom is 0.416 e. The van der Waals surface area contributed by atoms with E-state index < -0.39 is 35.9 Å². The molecule has 0 bridgehead atoms. The van der Waals surface area contributed by atoms with Crippen LogP contribution in [0.2, 0.25) is 0 Å². The highest BCUT2D eigenvalue weighted by Gasteiger charge is 2.42. The number of halogens is 6. The summed E-state index contributed by atoms with van der Waals surface area (Å²) in [6, 6.07) is 11.4. The summed E-state index contributed by atoms with van der Waals surface area (Å²) >= 11 is 1.86. The third-order valence-corrected chi connectivity index (χ3v) is 7.64. The van der Waals surface area contributed by atoms with Gasteiger partial charge in [0.15, 0.2) is 6.29 Å². The Labute approximate surface area is 204 Å². The second-order valence-corrected chi connectivity index (χ2v) is 10.0. The molecule has 192 valence electrons. The van der Waals surface area contributed by atoms with E-state index in [1.807, 2.05) is 42.1 Å². The van der Waals surface area contributed by atoms with Gasteiger partial charge in [-0.15, -0.1) is 0 Å². The van der Waals surface area contributed by atoms with Crippen LogP contribution in [-0.2, 0) is 21.8 Å². The number of ether oxygens (including phenoxy) is 2. The molecule has 0 amide bonds. The number of thioether (sulfide) groups is 1. The Morgan fingerprint density at radius 1 is 1.00 bits per heavy atom. The Morgan fingerprint density at radius 3 is 2.23 bits per heavy atom. The van der Waals surface area contributed by atoms with Gasteiger partial charge in [0.25, 0.3) is 0 Å². The van der Waals surface area contributed by atoms with Gasteiger partial charge in [-0.1, -0.05) is 30.3 Å². The third kappa shape index (κ3) is 6.34. The summed E-state index contributed by atoms with van der Waals surface area (Å²) in [5.41, 5.74) is -1.95. The fraction of sp³-hybridized carbons (Fsp3) is 0.520. The number of nitrogens with one attached hydrogen (secondary N) is 1. The molecule has 4 rings (SSSR count). The van der Waals surface area contributed by atoms with Crippen molar-refractivity contribution in [1.29, 1.82) is 0 Å². The molecule has 0 aromatic heterocycles. The molecule has 0 unspecified atom stereocenters. The summed E-state index contributed by atoms with van der Waals surface area (Å²) in [5, 5.41) is 3.56. The van der Waals surface area contributed by atoms with Crippen LogP contribution in [0.25, 0.3) is 0 Å². The van der Waals surface area contributed by atoms with E-state index in [2.05, 4.69) is 5.32 Å². The van der Waals surface area contributed by atoms with E-state index in [9.17, 15) is 26.3 Å². The molecular formula is C25H27F6NO2S. The van der Waals surface area contributed by atoms with E-state index in [1.54, 1.807) is 0 Å². The van der Waals surface area contributed by atoms with Crippen LogP contribution < -0.4 is 5.32 Å². The first-order valence-corrected chi connectivity index (χ1v) is 12.6. The maximum atomic E-state index is 13.4. The minimum Gasteiger partial charge on any atom is -0.352 e. The number of hydrogen-bond donors (Lipinski definition) is 1. The molecule has 0 radical (unpaired) electrons. The molecule has 2 aromatic rings. The van der Waals surface area contributed by atoms with Gasteiger partial charge in [-0.25, -0.2) is 0 Å². The quantitative estimate of drug-likeness (QED) is 0.448. The van der Waals surface area contributed by atoms with Gasteiger partial charge in [0.2, 0.25) is 0 Å². The van der Waals surface area contributed by atoms with Crippen molar-refractivity contribution in [3.8, 4) is 0 Å². The van der Waals surface area contributed by atoms with Crippen LogP contribution in [-0.4, -0.2) is 37.0 Å². The van der Waals surface area contributed by atoms with Gasteiger partial charge in [0, 0.05) is 30.0 Å². The first-order chi connectivity index (χ1) is 16.5. The van der Waals surface area contributed by atoms with E-state index >= 15 is 0 Å². The van der Waals surface area contributed by atoms with E-state index in [0.717, 1.165) is 42.2 Å². The zero-order chi connectivity index (χ0) is 25.2. The number of benzene rings is 2. The maximum absolute atomic E-state index is 13.4. The highest BCUT2D eigenvalue weighted by molar-refractivity contribution is 7.99. The second kappa shape index (κ2) is 10.7. The molecule has 2 fully saturated rings. The Kier molecular flexibility index (Phi) is 8.05. The lowest BCUT2D eigenvalue weighted by molar-refractivity contribution is -0.211. The molecule has 1 N–H and O–H groups in total. The van der Waals surface area contributed by atoms with Crippen molar-refractivity contribution in [3.05, 3.63) is 70.8 Å². The van der Waals surface area contributed by atoms with Gasteiger partial charge in [0.1, 0.15) is 0 Å². The van der Waals surface area contributed by atoms with Crippen LogP contribution in [0.5, 0.6) is 0 Å². The summed E-state index contributed by atoms with van der Waals surface area (Å²) in [7, 11) is 0. The topological polar surface area (TPSA) is 30.5 Å². The summed E-state index contributed by atoms with van der Waals surface area (Å²) in [6.45, 7) is 2.73. The Balaban J connectivity index is 1.64. The van der Waals surface area contributed by atoms with E-state index in [1.165, 1.54) is 6.92 Å². The number of rotatable bonds is 5. The van der Waals surface area contributed by atoms with Crippen LogP contribution in [0, 0.1) is 5.92 Å². The van der Waals surface area contributed by atoms with Crippen LogP contribution in [0.1, 0.15) is 47.6 Å². The van der Waals surface area contributed by atoms with Gasteiger partial charge in [0.05, 0.1) is 23.8 Å². The molecule has 2 saturated heterocycles. The van der Waals surface area contributed by atoms with E-state index in [4.69, 9.17) is 9.47 Å². The fourth-order valence-electron chi connectivity index (χ4n) is 4.81. The van der Waals surface area contributed by atoms with E-state index in [0.29, 0.717) is 6.61 Å². The molecule has 2 aliphatic rings. The summed E-state index contributed by atoms with van der Waals surface area (Å²) in [6.07, 6.45) is -10.9. The first-order valence-electron chi connectivity index (χ1n) is 11.5. The predicted molar refractivity (Wildman–Crippen MR) is 122 cm³/mol. The monoisotopic (exact) mass is 519 g/mol. The average Bonchev–Trinajstić information content (AvgIpc) is 2.83. The molecule has 0 saturated carbocycles. The predicted octanol–water partition coefficient (Wildman–Crippen LogP) is 6.65. The van der Waals surface area contributed by atoms with Crippen LogP contribution in [0.3, 0.4) is 0 Å². The summed E-state index contributed by atoms with van der Waals surface area (Å²) in [5.74, 6) is 1.85. The number of hydrogen-bond acceptors (Lipinski definition) is 4. The second-order valence-electron chi connectivity index (χ2n) is 8.88. The van der Waals surface area contributed by atoms with Crippen molar-refractivity contribution in [2.45, 2.75) is 50.1 Å². The highest BCUT2D eigenvalue weighted by Crippen LogP contribution is 2.43. The molecule has 0 aliphatic carbocycles. The SMILES string of the molecule is C[C@@H](O[C@H]1OCC[C@@H]([C@@H]2CSCCN2)[C@@H]1c1ccccc1)c1cc(C(F)(F)F)cc(C(F)(F)F)c1. The Morgan fingerprint density at radius 2 is 1.66 bits per heavy atom. The highest BCUT2D eigenvalue weighted by atomic mass is 32.2. The molecule has 2 heterocycles. The standard InChI is InChI=1S/C25H27F6NO2S/c1-15(17-11-18(24(26,27)28)13-19(12-17)25(29,30)31)34-23-22(16-5-3-2-4-6-16)20(7-9-33-23)21-14-35-10-8-32-21/h2-6,11-13,15,20-23,32H,7-10,14H2,1H3/t15-,20+,21+,22+,23-/m1/s1. The minimum absolute atomic E-state index is 0.128. The average molecular weight is 520 g/mol. The molecule has 10 heteroatoms. The van der Waals surface area contributed by atoms with Crippen molar-refractivity contribution in [3.63, 3.8) is 0 Å². The smallest absolute Gasteiger partial charge is 0.352 e. The molecule has 0 spiro atoms. The Bertz CT molecular complexity index is 946. The van der Waals surface area contributed by atoms with Crippen LogP contribution >= 0.6 is 11.8 Å². The van der Waals surface area contributed by atoms with Gasteiger partial charge < -0.3 is 14.8 Å². The normalized spacial score (nSPS) is 26.9. The molecule has 35 heavy (non-hydrogen) atoms.